The maximum absolute atomic E-state index is 14.4. The molecule has 0 aromatic rings. The van der Waals surface area contributed by atoms with Crippen LogP contribution in [-0.4, -0.2) is 127 Å². The number of rotatable bonds is 6. The van der Waals surface area contributed by atoms with Crippen LogP contribution in [0.4, 0.5) is 0 Å². The van der Waals surface area contributed by atoms with E-state index in [4.69, 9.17) is 18.9 Å². The van der Waals surface area contributed by atoms with Crippen molar-refractivity contribution in [2.45, 2.75) is 166 Å². The Morgan fingerprint density at radius 3 is 2.16 bits per heavy atom. The Labute approximate surface area is 322 Å². The number of carbonyl (C=O) groups is 2. The van der Waals surface area contributed by atoms with Gasteiger partial charge in [0.25, 0.3) is 0 Å². The van der Waals surface area contributed by atoms with Crippen LogP contribution in [0.1, 0.15) is 98.8 Å². The number of aliphatic carboxylic acids is 1. The van der Waals surface area contributed by atoms with Crippen LogP contribution in [0.5, 0.6) is 0 Å². The highest BCUT2D eigenvalue weighted by Crippen LogP contribution is 2.75. The molecule has 0 bridgehead atoms. The van der Waals surface area contributed by atoms with E-state index in [0.29, 0.717) is 32.1 Å². The molecule has 2 saturated heterocycles. The number of ether oxygens (including phenoxy) is 4. The molecule has 0 spiro atoms. The predicted molar refractivity (Wildman–Crippen MR) is 193 cm³/mol. The molecule has 14 heteroatoms. The van der Waals surface area contributed by atoms with Crippen LogP contribution in [0.3, 0.4) is 0 Å². The summed E-state index contributed by atoms with van der Waals surface area (Å²) in [4.78, 5) is 26.2. The van der Waals surface area contributed by atoms with Gasteiger partial charge < -0.3 is 59.8 Å². The zero-order valence-electron chi connectivity index (χ0n) is 32.7. The Hall–Kier alpha value is -1.98. The van der Waals surface area contributed by atoms with Gasteiger partial charge in [-0.15, -0.1) is 0 Å². The molecule has 7 rings (SSSR count). The van der Waals surface area contributed by atoms with Crippen molar-refractivity contribution in [1.29, 1.82) is 0 Å². The number of esters is 1. The average Bonchev–Trinajstić information content (AvgIpc) is 3.13. The Balaban J connectivity index is 1.14. The van der Waals surface area contributed by atoms with Crippen molar-refractivity contribution < 1.29 is 69.4 Å². The molecule has 55 heavy (non-hydrogen) atoms. The molecule has 2 heterocycles. The van der Waals surface area contributed by atoms with Gasteiger partial charge in [0.05, 0.1) is 18.1 Å². The van der Waals surface area contributed by atoms with Crippen LogP contribution in [0.15, 0.2) is 23.8 Å². The Kier molecular flexibility index (Phi) is 10.6. The SMILES string of the molecule is C=C1CC[C@]2(C(=O)O[C@@H]3O[C@H](CO)[C@@H](O)[C@H](O)[C@H]3O)CC[C@]3(C)C(=CC[C@@H]4[C@@]5(C)CC[C@H](O[C@@H]6O[C@H](C(=O)O)[C@@H](O)[C@H](O)[C@H]6O)C(C)(C)[C@H]5CC[C@]43C)[C@H]2C1. The van der Waals surface area contributed by atoms with Crippen LogP contribution in [0.2, 0.25) is 0 Å². The first-order valence-corrected chi connectivity index (χ1v) is 20.1. The van der Waals surface area contributed by atoms with Gasteiger partial charge in [0.2, 0.25) is 6.29 Å². The van der Waals surface area contributed by atoms with Crippen molar-refractivity contribution in [1.82, 2.24) is 0 Å². The van der Waals surface area contributed by atoms with Crippen LogP contribution >= 0.6 is 0 Å². The molecule has 0 radical (unpaired) electrons. The molecule has 18 atom stereocenters. The smallest absolute Gasteiger partial charge is 0.335 e. The van der Waals surface area contributed by atoms with E-state index in [-0.39, 0.29) is 34.0 Å². The summed E-state index contributed by atoms with van der Waals surface area (Å²) in [6.07, 6.45) is -6.78. The number of hydrogen-bond acceptors (Lipinski definition) is 13. The van der Waals surface area contributed by atoms with Crippen molar-refractivity contribution in [3.05, 3.63) is 23.8 Å². The molecule has 7 aliphatic rings. The van der Waals surface area contributed by atoms with Gasteiger partial charge in [-0.25, -0.2) is 4.79 Å². The summed E-state index contributed by atoms with van der Waals surface area (Å²) in [5.74, 6) is -1.65. The maximum Gasteiger partial charge on any atom is 0.335 e. The highest BCUT2D eigenvalue weighted by atomic mass is 16.7. The summed E-state index contributed by atoms with van der Waals surface area (Å²) >= 11 is 0. The van der Waals surface area contributed by atoms with Gasteiger partial charge in [0.1, 0.15) is 42.7 Å². The van der Waals surface area contributed by atoms with E-state index in [2.05, 4.69) is 47.3 Å². The molecule has 0 amide bonds. The molecule has 6 fully saturated rings. The van der Waals surface area contributed by atoms with Gasteiger partial charge in [0.15, 0.2) is 12.4 Å². The molecule has 5 aliphatic carbocycles. The van der Waals surface area contributed by atoms with E-state index in [1.807, 2.05) is 0 Å². The summed E-state index contributed by atoms with van der Waals surface area (Å²) in [5, 5.41) is 82.2. The minimum atomic E-state index is -1.79. The van der Waals surface area contributed by atoms with E-state index in [0.717, 1.165) is 37.7 Å². The van der Waals surface area contributed by atoms with Crippen LogP contribution in [0.25, 0.3) is 0 Å². The quantitative estimate of drug-likeness (QED) is 0.109. The van der Waals surface area contributed by atoms with E-state index in [1.54, 1.807) is 0 Å². The Bertz CT molecular complexity index is 1560. The summed E-state index contributed by atoms with van der Waals surface area (Å²) in [6, 6.07) is 0. The van der Waals surface area contributed by atoms with Crippen molar-refractivity contribution in [2.24, 2.45) is 44.8 Å². The summed E-state index contributed by atoms with van der Waals surface area (Å²) in [6.45, 7) is 15.2. The second-order valence-electron chi connectivity index (χ2n) is 19.3. The van der Waals surface area contributed by atoms with Crippen molar-refractivity contribution in [3.8, 4) is 0 Å². The molecule has 0 unspecified atom stereocenters. The topological polar surface area (TPSA) is 233 Å². The third-order valence-corrected chi connectivity index (χ3v) is 16.6. The van der Waals surface area contributed by atoms with Crippen molar-refractivity contribution >= 4 is 11.9 Å². The first-order valence-electron chi connectivity index (χ1n) is 20.1. The van der Waals surface area contributed by atoms with Gasteiger partial charge in [-0.1, -0.05) is 58.4 Å². The maximum atomic E-state index is 14.4. The normalized spacial score (nSPS) is 52.1. The fourth-order valence-electron chi connectivity index (χ4n) is 13.1. The van der Waals surface area contributed by atoms with Crippen molar-refractivity contribution in [3.63, 3.8) is 0 Å². The lowest BCUT2D eigenvalue weighted by Gasteiger charge is -2.71. The van der Waals surface area contributed by atoms with Gasteiger partial charge in [-0.05, 0) is 97.7 Å². The molecule has 0 aromatic heterocycles. The molecule has 0 aromatic carbocycles. The van der Waals surface area contributed by atoms with Gasteiger partial charge >= 0.3 is 11.9 Å². The van der Waals surface area contributed by atoms with Crippen LogP contribution in [0, 0.1) is 44.8 Å². The lowest BCUT2D eigenvalue weighted by molar-refractivity contribution is -0.324. The van der Waals surface area contributed by atoms with E-state index in [1.165, 1.54) is 5.57 Å². The Morgan fingerprint density at radius 1 is 0.818 bits per heavy atom. The second kappa shape index (κ2) is 14.1. The number of carboxylic acid groups (broad SMARTS) is 1. The molecule has 8 N–H and O–H groups in total. The summed E-state index contributed by atoms with van der Waals surface area (Å²) < 4.78 is 23.4. The molecule has 4 saturated carbocycles. The number of fused-ring (bicyclic) bond motifs is 7. The zero-order chi connectivity index (χ0) is 40.2. The predicted octanol–water partition coefficient (Wildman–Crippen LogP) is 1.94. The highest BCUT2D eigenvalue weighted by Gasteiger charge is 2.69. The van der Waals surface area contributed by atoms with E-state index in [9.17, 15) is 50.4 Å². The molecule has 310 valence electrons. The Morgan fingerprint density at radius 2 is 1.49 bits per heavy atom. The summed E-state index contributed by atoms with van der Waals surface area (Å²) in [7, 11) is 0. The molecular formula is C41H62O14. The van der Waals surface area contributed by atoms with Gasteiger partial charge in [-0.2, -0.15) is 0 Å². The third-order valence-electron chi connectivity index (χ3n) is 16.6. The van der Waals surface area contributed by atoms with E-state index < -0.39 is 96.9 Å². The lowest BCUT2D eigenvalue weighted by atomic mass is 9.34. The highest BCUT2D eigenvalue weighted by molar-refractivity contribution is 5.79. The van der Waals surface area contributed by atoms with Crippen LogP contribution < -0.4 is 0 Å². The van der Waals surface area contributed by atoms with Gasteiger partial charge in [0, 0.05) is 5.92 Å². The number of aliphatic hydroxyl groups is 7. The molecule has 2 aliphatic heterocycles. The standard InChI is InChI=1S/C41H62O14/c1-19-9-14-41(36(51)55-34-30(47)27(44)26(43)22(18-42)52-34)16-15-39(5)20(21(41)17-19)7-8-24-38(4)12-11-25(37(2,3)23(38)10-13-40(24,39)6)53-35-31(48)28(45)29(46)32(54-35)33(49)50/h7,21-32,34-35,42-48H,1,8-18H2,2-6H3,(H,49,50)/t21-,22-,23-,24-,25+,26-,27+,28+,29+,30-,31-,32+,34+,35-,38+,39-,40-,41+/m1/s1. The number of hydrogen-bond donors (Lipinski definition) is 8. The minimum absolute atomic E-state index is 0.112. The monoisotopic (exact) mass is 778 g/mol. The zero-order valence-corrected chi connectivity index (χ0v) is 32.7. The first kappa shape index (κ1) is 41.2. The largest absolute Gasteiger partial charge is 0.479 e. The first-order chi connectivity index (χ1) is 25.7. The molecular weight excluding hydrogens is 716 g/mol. The fourth-order valence-corrected chi connectivity index (χ4v) is 13.1. The minimum Gasteiger partial charge on any atom is -0.479 e. The van der Waals surface area contributed by atoms with Gasteiger partial charge in [-0.3, -0.25) is 4.79 Å². The lowest BCUT2D eigenvalue weighted by Crippen LogP contribution is -2.66. The molecule has 14 nitrogen and oxygen atoms in total. The number of carboxylic acids is 1. The van der Waals surface area contributed by atoms with Crippen LogP contribution in [-0.2, 0) is 28.5 Å². The number of carbonyl (C=O) groups excluding carboxylic acids is 1. The average molecular weight is 779 g/mol. The second-order valence-corrected chi connectivity index (χ2v) is 19.3. The number of allylic oxidation sites excluding steroid dienone is 3. The fraction of sp³-hybridized carbons (Fsp3) is 0.854. The number of aliphatic hydroxyl groups excluding tert-OH is 7. The van der Waals surface area contributed by atoms with E-state index >= 15 is 0 Å². The third kappa shape index (κ3) is 6.02. The van der Waals surface area contributed by atoms with Crippen molar-refractivity contribution in [2.75, 3.05) is 6.61 Å². The summed E-state index contributed by atoms with van der Waals surface area (Å²) in [5.41, 5.74) is 0.508.